The number of aliphatic imine (C=N–C) groups is 1. The zero-order valence-corrected chi connectivity index (χ0v) is 19.0. The quantitative estimate of drug-likeness (QED) is 0.470. The molecule has 0 saturated carbocycles. The molecule has 1 saturated heterocycles. The van der Waals surface area contributed by atoms with Crippen molar-refractivity contribution in [1.82, 2.24) is 19.7 Å². The third kappa shape index (κ3) is 7.27. The number of sulfonamides is 1. The lowest BCUT2D eigenvalue weighted by Crippen LogP contribution is -2.54. The molecular formula is C19H35N5O4S. The Morgan fingerprint density at radius 3 is 2.52 bits per heavy atom. The van der Waals surface area contributed by atoms with E-state index in [2.05, 4.69) is 34.2 Å². The maximum Gasteiger partial charge on any atom is 0.216 e. The maximum atomic E-state index is 12.5. The number of guanidine groups is 1. The number of hydrogen-bond donors (Lipinski definition) is 1. The second-order valence-electron chi connectivity index (χ2n) is 7.66. The number of nitrogens with one attached hydrogen (secondary N) is 1. The molecule has 1 aliphatic heterocycles. The fraction of sp³-hybridized carbons (Fsp3) is 0.789. The van der Waals surface area contributed by atoms with E-state index >= 15 is 0 Å². The molecule has 0 amide bonds. The van der Waals surface area contributed by atoms with Crippen molar-refractivity contribution in [2.45, 2.75) is 53.2 Å². The first kappa shape index (κ1) is 23.6. The Bertz CT molecular complexity index is 752. The normalized spacial score (nSPS) is 16.8. The summed E-state index contributed by atoms with van der Waals surface area (Å²) < 4.78 is 37.3. The van der Waals surface area contributed by atoms with Crippen molar-refractivity contribution in [2.24, 2.45) is 4.99 Å². The van der Waals surface area contributed by atoms with Crippen molar-refractivity contribution >= 4 is 16.0 Å². The first-order chi connectivity index (χ1) is 13.7. The van der Waals surface area contributed by atoms with Crippen molar-refractivity contribution < 1.29 is 17.7 Å². The Morgan fingerprint density at radius 1 is 1.28 bits per heavy atom. The largest absolute Gasteiger partial charge is 0.378 e. The van der Waals surface area contributed by atoms with Crippen molar-refractivity contribution in [2.75, 3.05) is 45.1 Å². The van der Waals surface area contributed by atoms with Gasteiger partial charge in [0, 0.05) is 38.8 Å². The van der Waals surface area contributed by atoms with E-state index in [0.717, 1.165) is 24.0 Å². The summed E-state index contributed by atoms with van der Waals surface area (Å²) in [6.07, 6.45) is 0.0296. The minimum absolute atomic E-state index is 0.0169. The standard InChI is InChI=1S/C19H35N5O4S/c1-6-20-19(21-14-17-13-18(15(2)3)22-28-17)23-7-9-24(10-8-23)29(25,26)12-11-27-16(4)5/h13,15-16H,6-12,14H2,1-5H3,(H,20,21). The van der Waals surface area contributed by atoms with Gasteiger partial charge in [0.2, 0.25) is 10.0 Å². The van der Waals surface area contributed by atoms with Crippen LogP contribution in [0, 0.1) is 0 Å². The molecule has 0 radical (unpaired) electrons. The second kappa shape index (κ2) is 10.9. The number of hydrogen-bond acceptors (Lipinski definition) is 6. The predicted molar refractivity (Wildman–Crippen MR) is 113 cm³/mol. The van der Waals surface area contributed by atoms with Crippen LogP contribution in [0.2, 0.25) is 0 Å². The molecule has 0 aliphatic carbocycles. The summed E-state index contributed by atoms with van der Waals surface area (Å²) in [5.74, 6) is 1.81. The molecule has 10 heteroatoms. The topological polar surface area (TPSA) is 100 Å². The van der Waals surface area contributed by atoms with Crippen LogP contribution in [0.25, 0.3) is 0 Å². The number of nitrogens with zero attached hydrogens (tertiary/aromatic N) is 4. The molecule has 0 bridgehead atoms. The van der Waals surface area contributed by atoms with Gasteiger partial charge >= 0.3 is 0 Å². The van der Waals surface area contributed by atoms with Gasteiger partial charge in [0.1, 0.15) is 6.54 Å². The van der Waals surface area contributed by atoms with Crippen LogP contribution < -0.4 is 5.32 Å². The van der Waals surface area contributed by atoms with Gasteiger partial charge in [0.25, 0.3) is 0 Å². The third-order valence-corrected chi connectivity index (χ3v) is 6.45. The first-order valence-electron chi connectivity index (χ1n) is 10.3. The van der Waals surface area contributed by atoms with E-state index in [9.17, 15) is 8.42 Å². The second-order valence-corrected chi connectivity index (χ2v) is 9.75. The van der Waals surface area contributed by atoms with E-state index in [1.165, 1.54) is 0 Å². The van der Waals surface area contributed by atoms with Gasteiger partial charge in [-0.15, -0.1) is 0 Å². The molecule has 0 atom stereocenters. The van der Waals surface area contributed by atoms with Crippen LogP contribution in [0.5, 0.6) is 0 Å². The van der Waals surface area contributed by atoms with Crippen LogP contribution in [0.15, 0.2) is 15.6 Å². The molecule has 1 fully saturated rings. The van der Waals surface area contributed by atoms with Crippen LogP contribution in [0.1, 0.15) is 52.0 Å². The molecule has 1 aromatic rings. The zero-order chi connectivity index (χ0) is 21.4. The number of aromatic nitrogens is 1. The van der Waals surface area contributed by atoms with Gasteiger partial charge in [-0.25, -0.2) is 13.4 Å². The summed E-state index contributed by atoms with van der Waals surface area (Å²) in [6.45, 7) is 13.3. The highest BCUT2D eigenvalue weighted by Crippen LogP contribution is 2.15. The Hall–Kier alpha value is -1.65. The molecule has 1 aromatic heterocycles. The zero-order valence-electron chi connectivity index (χ0n) is 18.2. The highest BCUT2D eigenvalue weighted by atomic mass is 32.2. The molecule has 1 N–H and O–H groups in total. The molecule has 2 rings (SSSR count). The summed E-state index contributed by atoms with van der Waals surface area (Å²) in [5, 5.41) is 7.34. The van der Waals surface area contributed by atoms with Gasteiger partial charge in [-0.3, -0.25) is 0 Å². The van der Waals surface area contributed by atoms with Gasteiger partial charge in [0.05, 0.1) is 24.2 Å². The van der Waals surface area contributed by atoms with Crippen molar-refractivity contribution in [1.29, 1.82) is 0 Å². The van der Waals surface area contributed by atoms with E-state index in [-0.39, 0.29) is 18.5 Å². The van der Waals surface area contributed by atoms with E-state index < -0.39 is 10.0 Å². The van der Waals surface area contributed by atoms with Crippen LogP contribution in [-0.2, 0) is 21.3 Å². The predicted octanol–water partition coefficient (Wildman–Crippen LogP) is 1.64. The summed E-state index contributed by atoms with van der Waals surface area (Å²) in [6, 6.07) is 1.93. The summed E-state index contributed by atoms with van der Waals surface area (Å²) in [5.41, 5.74) is 0.917. The molecule has 0 spiro atoms. The Labute approximate surface area is 174 Å². The highest BCUT2D eigenvalue weighted by molar-refractivity contribution is 7.89. The smallest absolute Gasteiger partial charge is 0.216 e. The Balaban J connectivity index is 1.93. The minimum atomic E-state index is -3.30. The average Bonchev–Trinajstić information content (AvgIpc) is 3.14. The first-order valence-corrected chi connectivity index (χ1v) is 11.9. The van der Waals surface area contributed by atoms with Gasteiger partial charge < -0.3 is 19.5 Å². The summed E-state index contributed by atoms with van der Waals surface area (Å²) in [7, 11) is -3.30. The lowest BCUT2D eigenvalue weighted by Gasteiger charge is -2.35. The van der Waals surface area contributed by atoms with Crippen molar-refractivity contribution in [3.8, 4) is 0 Å². The third-order valence-electron chi connectivity index (χ3n) is 4.61. The molecule has 29 heavy (non-hydrogen) atoms. The summed E-state index contributed by atoms with van der Waals surface area (Å²) in [4.78, 5) is 6.73. The van der Waals surface area contributed by atoms with Crippen LogP contribution in [-0.4, -0.2) is 79.9 Å². The van der Waals surface area contributed by atoms with Crippen molar-refractivity contribution in [3.05, 3.63) is 17.5 Å². The van der Waals surface area contributed by atoms with Gasteiger partial charge in [-0.2, -0.15) is 4.31 Å². The molecular weight excluding hydrogens is 394 g/mol. The lowest BCUT2D eigenvalue weighted by molar-refractivity contribution is 0.0904. The fourth-order valence-corrected chi connectivity index (χ4v) is 4.24. The fourth-order valence-electron chi connectivity index (χ4n) is 2.95. The van der Waals surface area contributed by atoms with Gasteiger partial charge in [0.15, 0.2) is 11.7 Å². The van der Waals surface area contributed by atoms with Crippen LogP contribution >= 0.6 is 0 Å². The monoisotopic (exact) mass is 429 g/mol. The van der Waals surface area contributed by atoms with E-state index in [1.807, 2.05) is 26.8 Å². The molecule has 166 valence electrons. The summed E-state index contributed by atoms with van der Waals surface area (Å²) >= 11 is 0. The van der Waals surface area contributed by atoms with E-state index in [1.54, 1.807) is 4.31 Å². The number of rotatable bonds is 9. The lowest BCUT2D eigenvalue weighted by atomic mass is 10.1. The molecule has 9 nitrogen and oxygen atoms in total. The number of ether oxygens (including phenoxy) is 1. The molecule has 0 unspecified atom stereocenters. The Kier molecular flexibility index (Phi) is 8.91. The SMILES string of the molecule is CCNC(=NCc1cc(C(C)C)no1)N1CCN(S(=O)(=O)CCOC(C)C)CC1. The highest BCUT2D eigenvalue weighted by Gasteiger charge is 2.28. The molecule has 2 heterocycles. The minimum Gasteiger partial charge on any atom is -0.378 e. The van der Waals surface area contributed by atoms with Crippen molar-refractivity contribution in [3.63, 3.8) is 0 Å². The van der Waals surface area contributed by atoms with Gasteiger partial charge in [-0.1, -0.05) is 19.0 Å². The van der Waals surface area contributed by atoms with Gasteiger partial charge in [-0.05, 0) is 26.7 Å². The Morgan fingerprint density at radius 2 is 1.97 bits per heavy atom. The molecule has 1 aliphatic rings. The number of piperazine rings is 1. The average molecular weight is 430 g/mol. The van der Waals surface area contributed by atoms with Crippen LogP contribution in [0.4, 0.5) is 0 Å². The maximum absolute atomic E-state index is 12.5. The van der Waals surface area contributed by atoms with E-state index in [0.29, 0.717) is 38.6 Å². The van der Waals surface area contributed by atoms with Crippen LogP contribution in [0.3, 0.4) is 0 Å². The molecule has 0 aromatic carbocycles. The van der Waals surface area contributed by atoms with E-state index in [4.69, 9.17) is 9.26 Å².